The molecule has 2 rings (SSSR count). The number of carbonyl (C=O) groups excluding carboxylic acids is 1. The molecule has 146 valence electrons. The van der Waals surface area contributed by atoms with Gasteiger partial charge in [-0.15, -0.1) is 0 Å². The third-order valence-corrected chi connectivity index (χ3v) is 4.18. The molecule has 1 aromatic heterocycles. The van der Waals surface area contributed by atoms with E-state index >= 15 is 0 Å². The Hall–Kier alpha value is -2.90. The third kappa shape index (κ3) is 6.40. The van der Waals surface area contributed by atoms with Crippen molar-refractivity contribution in [2.24, 2.45) is 4.99 Å². The molecule has 0 aliphatic carbocycles. The van der Waals surface area contributed by atoms with Crippen molar-refractivity contribution in [3.8, 4) is 0 Å². The Morgan fingerprint density at radius 1 is 1.22 bits per heavy atom. The maximum absolute atomic E-state index is 12.9. The molecule has 0 aliphatic heterocycles. The molecule has 8 heteroatoms. The number of nitrogens with zero attached hydrogens (tertiary/aromatic N) is 2. The third-order valence-electron chi connectivity index (χ3n) is 4.18. The number of hydrogen-bond acceptors (Lipinski definition) is 4. The van der Waals surface area contributed by atoms with Crippen LogP contribution >= 0.6 is 0 Å². The number of anilines is 1. The lowest BCUT2D eigenvalue weighted by Gasteiger charge is -2.11. The highest BCUT2D eigenvalue weighted by atomic mass is 19.1. The van der Waals surface area contributed by atoms with Crippen LogP contribution in [0, 0.1) is 5.82 Å². The number of guanidine groups is 1. The zero-order valence-corrected chi connectivity index (χ0v) is 15.9. The lowest BCUT2D eigenvalue weighted by Crippen LogP contribution is -2.41. The van der Waals surface area contributed by atoms with Gasteiger partial charge in [-0.25, -0.2) is 4.39 Å². The van der Waals surface area contributed by atoms with Crippen LogP contribution in [0.2, 0.25) is 0 Å². The Morgan fingerprint density at radius 2 is 1.93 bits per heavy atom. The minimum absolute atomic E-state index is 0.0203. The summed E-state index contributed by atoms with van der Waals surface area (Å²) in [4.78, 5) is 16.0. The largest absolute Gasteiger partial charge is 0.359 e. The quantitative estimate of drug-likeness (QED) is 0.487. The Morgan fingerprint density at radius 3 is 2.56 bits per heavy atom. The first-order valence-electron chi connectivity index (χ1n) is 9.01. The van der Waals surface area contributed by atoms with Gasteiger partial charge in [0.05, 0.1) is 18.8 Å². The highest BCUT2D eigenvalue weighted by Gasteiger charge is 2.13. The van der Waals surface area contributed by atoms with Gasteiger partial charge in [0, 0.05) is 24.7 Å². The Balaban J connectivity index is 1.78. The van der Waals surface area contributed by atoms with Crippen LogP contribution in [0.4, 0.5) is 10.1 Å². The van der Waals surface area contributed by atoms with Crippen LogP contribution in [-0.4, -0.2) is 30.6 Å². The summed E-state index contributed by atoms with van der Waals surface area (Å²) in [5, 5.41) is 12.8. The first kappa shape index (κ1) is 20.4. The summed E-state index contributed by atoms with van der Waals surface area (Å²) < 4.78 is 18.2. The van der Waals surface area contributed by atoms with E-state index in [-0.39, 0.29) is 18.3 Å². The lowest BCUT2D eigenvalue weighted by molar-refractivity contribution is -0.115. The first-order chi connectivity index (χ1) is 13.0. The fraction of sp³-hybridized carbons (Fsp3) is 0.421. The predicted molar refractivity (Wildman–Crippen MR) is 103 cm³/mol. The van der Waals surface area contributed by atoms with Crippen molar-refractivity contribution in [1.82, 2.24) is 15.8 Å². The molecule has 1 aromatic carbocycles. The minimum Gasteiger partial charge on any atom is -0.359 e. The van der Waals surface area contributed by atoms with Gasteiger partial charge >= 0.3 is 0 Å². The minimum atomic E-state index is -0.351. The SMILES string of the molecule is CCC(CC)c1cc(CNC(=NC)NCC(=O)Nc2ccc(F)cc2)on1. The van der Waals surface area contributed by atoms with Gasteiger partial charge in [0.15, 0.2) is 11.7 Å². The van der Waals surface area contributed by atoms with E-state index < -0.39 is 0 Å². The molecule has 0 fully saturated rings. The van der Waals surface area contributed by atoms with E-state index in [0.717, 1.165) is 18.5 Å². The molecule has 3 N–H and O–H groups in total. The summed E-state index contributed by atoms with van der Waals surface area (Å²) in [6, 6.07) is 7.52. The first-order valence-corrected chi connectivity index (χ1v) is 9.01. The molecule has 0 aliphatic rings. The van der Waals surface area contributed by atoms with Crippen LogP contribution in [0.15, 0.2) is 39.8 Å². The monoisotopic (exact) mass is 375 g/mol. The molecule has 0 atom stereocenters. The van der Waals surface area contributed by atoms with Crippen molar-refractivity contribution in [2.75, 3.05) is 18.9 Å². The average Bonchev–Trinajstić information content (AvgIpc) is 3.13. The molecule has 2 aromatic rings. The summed E-state index contributed by atoms with van der Waals surface area (Å²) in [6.07, 6.45) is 2.03. The second-order valence-electron chi connectivity index (χ2n) is 6.07. The fourth-order valence-electron chi connectivity index (χ4n) is 2.61. The molecule has 1 amide bonds. The summed E-state index contributed by atoms with van der Waals surface area (Å²) in [6.45, 7) is 4.69. The molecule has 0 radical (unpaired) electrons. The Labute approximate surface area is 158 Å². The lowest BCUT2D eigenvalue weighted by atomic mass is 9.99. The summed E-state index contributed by atoms with van der Waals surface area (Å²) in [5.74, 6) is 0.950. The van der Waals surface area contributed by atoms with Gasteiger partial charge in [-0.05, 0) is 37.1 Å². The van der Waals surface area contributed by atoms with Crippen molar-refractivity contribution in [1.29, 1.82) is 0 Å². The number of hydrogen-bond donors (Lipinski definition) is 3. The Kier molecular flexibility index (Phi) is 7.79. The van der Waals surface area contributed by atoms with Gasteiger partial charge in [-0.3, -0.25) is 9.79 Å². The zero-order chi connectivity index (χ0) is 19.6. The molecular formula is C19H26FN5O2. The molecular weight excluding hydrogens is 349 g/mol. The predicted octanol–water partition coefficient (Wildman–Crippen LogP) is 3.02. The van der Waals surface area contributed by atoms with Crippen LogP contribution in [0.25, 0.3) is 0 Å². The van der Waals surface area contributed by atoms with Crippen LogP contribution < -0.4 is 16.0 Å². The maximum atomic E-state index is 12.9. The number of rotatable bonds is 8. The molecule has 1 heterocycles. The second kappa shape index (κ2) is 10.3. The number of nitrogens with one attached hydrogen (secondary N) is 3. The van der Waals surface area contributed by atoms with Crippen LogP contribution in [0.5, 0.6) is 0 Å². The van der Waals surface area contributed by atoms with Crippen molar-refractivity contribution >= 4 is 17.6 Å². The van der Waals surface area contributed by atoms with Gasteiger partial charge in [0.1, 0.15) is 5.82 Å². The van der Waals surface area contributed by atoms with E-state index in [0.29, 0.717) is 29.9 Å². The van der Waals surface area contributed by atoms with Gasteiger partial charge in [0.25, 0.3) is 0 Å². The Bertz CT molecular complexity index is 754. The van der Waals surface area contributed by atoms with Gasteiger partial charge in [0.2, 0.25) is 5.91 Å². The van der Waals surface area contributed by atoms with E-state index in [9.17, 15) is 9.18 Å². The van der Waals surface area contributed by atoms with E-state index in [1.165, 1.54) is 24.3 Å². The molecule has 0 saturated carbocycles. The van der Waals surface area contributed by atoms with E-state index in [1.54, 1.807) is 7.05 Å². The number of amides is 1. The number of aromatic nitrogens is 1. The highest BCUT2D eigenvalue weighted by Crippen LogP contribution is 2.22. The van der Waals surface area contributed by atoms with E-state index in [1.807, 2.05) is 6.07 Å². The molecule has 27 heavy (non-hydrogen) atoms. The smallest absolute Gasteiger partial charge is 0.243 e. The molecule has 0 unspecified atom stereocenters. The summed E-state index contributed by atoms with van der Waals surface area (Å²) >= 11 is 0. The summed E-state index contributed by atoms with van der Waals surface area (Å²) in [5.41, 5.74) is 1.49. The normalized spacial score (nSPS) is 11.5. The molecule has 0 bridgehead atoms. The number of benzene rings is 1. The van der Waals surface area contributed by atoms with Crippen LogP contribution in [-0.2, 0) is 11.3 Å². The standard InChI is InChI=1S/C19H26FN5O2/c1-4-13(5-2)17-10-16(27-25-17)11-22-19(21-3)23-12-18(26)24-15-8-6-14(20)7-9-15/h6-10,13H,4-5,11-12H2,1-3H3,(H,24,26)(H2,21,22,23). The van der Waals surface area contributed by atoms with Gasteiger partial charge < -0.3 is 20.5 Å². The van der Waals surface area contributed by atoms with E-state index in [4.69, 9.17) is 4.52 Å². The summed E-state index contributed by atoms with van der Waals surface area (Å²) in [7, 11) is 1.61. The second-order valence-corrected chi connectivity index (χ2v) is 6.07. The molecule has 7 nitrogen and oxygen atoms in total. The maximum Gasteiger partial charge on any atom is 0.243 e. The number of halogens is 1. The topological polar surface area (TPSA) is 91.5 Å². The van der Waals surface area contributed by atoms with Gasteiger partial charge in [-0.1, -0.05) is 19.0 Å². The van der Waals surface area contributed by atoms with Gasteiger partial charge in [-0.2, -0.15) is 0 Å². The van der Waals surface area contributed by atoms with Crippen molar-refractivity contribution in [3.05, 3.63) is 47.6 Å². The van der Waals surface area contributed by atoms with Crippen LogP contribution in [0.1, 0.15) is 44.1 Å². The van der Waals surface area contributed by atoms with E-state index in [2.05, 4.69) is 39.9 Å². The van der Waals surface area contributed by atoms with Crippen LogP contribution in [0.3, 0.4) is 0 Å². The van der Waals surface area contributed by atoms with Crippen molar-refractivity contribution < 1.29 is 13.7 Å². The zero-order valence-electron chi connectivity index (χ0n) is 15.9. The van der Waals surface area contributed by atoms with Crippen molar-refractivity contribution in [3.63, 3.8) is 0 Å². The molecule has 0 spiro atoms. The highest BCUT2D eigenvalue weighted by molar-refractivity contribution is 5.94. The molecule has 0 saturated heterocycles. The van der Waals surface area contributed by atoms with Crippen molar-refractivity contribution in [2.45, 2.75) is 39.2 Å². The number of carbonyl (C=O) groups is 1. The fourth-order valence-corrected chi connectivity index (χ4v) is 2.61. The number of aliphatic imine (C=N–C) groups is 1. The average molecular weight is 375 g/mol.